The van der Waals surface area contributed by atoms with Crippen molar-refractivity contribution in [3.8, 4) is 5.75 Å². The number of aryl methyl sites for hydroxylation is 1. The first-order valence-corrected chi connectivity index (χ1v) is 12.1. The molecule has 2 N–H and O–H groups in total. The van der Waals surface area contributed by atoms with E-state index in [2.05, 4.69) is 31.8 Å². The van der Waals surface area contributed by atoms with Crippen molar-refractivity contribution in [2.45, 2.75) is 6.92 Å². The highest BCUT2D eigenvalue weighted by Crippen LogP contribution is 2.23. The molecule has 0 fully saturated rings. The number of nitrogens with one attached hydrogen (secondary N) is 2. The minimum atomic E-state index is -0.501. The topological polar surface area (TPSA) is 96.9 Å². The van der Waals surface area contributed by atoms with Gasteiger partial charge in [0, 0.05) is 26.9 Å². The normalized spacial score (nSPS) is 10.6. The number of anilines is 1. The van der Waals surface area contributed by atoms with E-state index in [0.29, 0.717) is 33.7 Å². The predicted octanol–water partition coefficient (Wildman–Crippen LogP) is 5.99. The minimum Gasteiger partial charge on any atom is -0.422 e. The number of carbonyl (C=O) groups excluding carboxylic acids is 3. The summed E-state index contributed by atoms with van der Waals surface area (Å²) in [6.07, 6.45) is 1.39. The number of hydrogen-bond donors (Lipinski definition) is 2. The summed E-state index contributed by atoms with van der Waals surface area (Å²) in [6.45, 7) is 1.89. The molecule has 0 unspecified atom stereocenters. The molecule has 4 rings (SSSR count). The molecule has 7 nitrogen and oxygen atoms in total. The fourth-order valence-corrected chi connectivity index (χ4v) is 3.78. The highest BCUT2D eigenvalue weighted by Gasteiger charge is 2.13. The summed E-state index contributed by atoms with van der Waals surface area (Å²) in [5.74, 6) is -0.962. The second kappa shape index (κ2) is 11.9. The number of nitrogens with zero attached hydrogens (tertiary/aromatic N) is 1. The van der Waals surface area contributed by atoms with Gasteiger partial charge in [0.1, 0.15) is 5.75 Å². The van der Waals surface area contributed by atoms with Crippen LogP contribution in [0.1, 0.15) is 42.2 Å². The van der Waals surface area contributed by atoms with E-state index in [-0.39, 0.29) is 5.91 Å². The second-order valence-electron chi connectivity index (χ2n) is 8.04. The molecule has 0 saturated heterocycles. The van der Waals surface area contributed by atoms with Crippen molar-refractivity contribution < 1.29 is 19.1 Å². The number of amides is 2. The Labute approximate surface area is 222 Å². The molecule has 0 aromatic heterocycles. The highest BCUT2D eigenvalue weighted by atomic mass is 79.9. The van der Waals surface area contributed by atoms with Gasteiger partial charge in [0.25, 0.3) is 11.8 Å². The molecule has 0 aliphatic heterocycles. The lowest BCUT2D eigenvalue weighted by Gasteiger charge is -2.09. The largest absolute Gasteiger partial charge is 0.422 e. The zero-order valence-electron chi connectivity index (χ0n) is 19.8. The van der Waals surface area contributed by atoms with Gasteiger partial charge >= 0.3 is 5.97 Å². The third-order valence-electron chi connectivity index (χ3n) is 5.22. The van der Waals surface area contributed by atoms with E-state index >= 15 is 0 Å². The molecule has 2 amide bonds. The Kier molecular flexibility index (Phi) is 8.22. The van der Waals surface area contributed by atoms with E-state index in [4.69, 9.17) is 4.74 Å². The first-order valence-electron chi connectivity index (χ1n) is 11.3. The van der Waals surface area contributed by atoms with Gasteiger partial charge in [0.15, 0.2) is 0 Å². The molecular formula is C29H22BrN3O4. The van der Waals surface area contributed by atoms with Crippen LogP contribution in [0.5, 0.6) is 5.75 Å². The van der Waals surface area contributed by atoms with Crippen LogP contribution in [0.15, 0.2) is 107 Å². The Morgan fingerprint density at radius 1 is 0.784 bits per heavy atom. The van der Waals surface area contributed by atoms with Gasteiger partial charge in [0.05, 0.1) is 11.8 Å². The number of halogens is 1. The number of carbonyl (C=O) groups is 3. The SMILES string of the molecule is Cc1cccc(C(=O)Oc2ccc(Br)cc2C=NNC(=O)c2cccc(NC(=O)c3ccccc3)c2)c1. The molecule has 0 radical (unpaired) electrons. The van der Waals surface area contributed by atoms with Crippen molar-refractivity contribution >= 4 is 45.6 Å². The van der Waals surface area contributed by atoms with Crippen molar-refractivity contribution in [1.82, 2.24) is 5.43 Å². The van der Waals surface area contributed by atoms with Crippen LogP contribution in [0, 0.1) is 6.92 Å². The number of esters is 1. The third-order valence-corrected chi connectivity index (χ3v) is 5.71. The summed E-state index contributed by atoms with van der Waals surface area (Å²) in [4.78, 5) is 37.6. The molecule has 0 atom stereocenters. The number of ether oxygens (including phenoxy) is 1. The van der Waals surface area contributed by atoms with Crippen LogP contribution in [0.4, 0.5) is 5.69 Å². The standard InChI is InChI=1S/C29H22BrN3O4/c1-19-7-5-11-22(15-19)29(36)37-26-14-13-24(30)16-23(26)18-31-33-28(35)21-10-6-12-25(17-21)32-27(34)20-8-3-2-4-9-20/h2-18H,1H3,(H,32,34)(H,33,35). The Bertz CT molecular complexity index is 1490. The number of hydrogen-bond acceptors (Lipinski definition) is 5. The summed E-state index contributed by atoms with van der Waals surface area (Å²) >= 11 is 3.39. The maximum absolute atomic E-state index is 12.7. The number of hydrazone groups is 1. The molecule has 0 heterocycles. The van der Waals surface area contributed by atoms with E-state index < -0.39 is 11.9 Å². The maximum atomic E-state index is 12.7. The van der Waals surface area contributed by atoms with Crippen molar-refractivity contribution in [2.75, 3.05) is 5.32 Å². The molecule has 0 bridgehead atoms. The molecule has 0 aliphatic rings. The third kappa shape index (κ3) is 6.99. The van der Waals surface area contributed by atoms with Gasteiger partial charge in [-0.3, -0.25) is 9.59 Å². The molecule has 37 heavy (non-hydrogen) atoms. The minimum absolute atomic E-state index is 0.279. The zero-order valence-corrected chi connectivity index (χ0v) is 21.4. The van der Waals surface area contributed by atoms with Crippen LogP contribution in [0.2, 0.25) is 0 Å². The molecule has 184 valence electrons. The monoisotopic (exact) mass is 555 g/mol. The van der Waals surface area contributed by atoms with Crippen LogP contribution in [-0.2, 0) is 0 Å². The average molecular weight is 556 g/mol. The molecule has 0 spiro atoms. The van der Waals surface area contributed by atoms with Gasteiger partial charge in [-0.1, -0.05) is 57.9 Å². The molecule has 0 aliphatic carbocycles. The van der Waals surface area contributed by atoms with E-state index in [9.17, 15) is 14.4 Å². The number of benzene rings is 4. The van der Waals surface area contributed by atoms with Gasteiger partial charge < -0.3 is 10.1 Å². The van der Waals surface area contributed by atoms with Crippen molar-refractivity contribution in [2.24, 2.45) is 5.10 Å². The van der Waals surface area contributed by atoms with Crippen LogP contribution in [0.3, 0.4) is 0 Å². The second-order valence-corrected chi connectivity index (χ2v) is 8.96. The van der Waals surface area contributed by atoms with E-state index in [1.807, 2.05) is 19.1 Å². The molecule has 4 aromatic carbocycles. The summed E-state index contributed by atoms with van der Waals surface area (Å²) in [5.41, 5.74) is 5.61. The first-order chi connectivity index (χ1) is 17.9. The fraction of sp³-hybridized carbons (Fsp3) is 0.0345. The van der Waals surface area contributed by atoms with Crippen LogP contribution < -0.4 is 15.5 Å². The van der Waals surface area contributed by atoms with Crippen molar-refractivity contribution in [3.05, 3.63) is 129 Å². The summed E-state index contributed by atoms with van der Waals surface area (Å²) in [7, 11) is 0. The van der Waals surface area contributed by atoms with Gasteiger partial charge in [0.2, 0.25) is 0 Å². The average Bonchev–Trinajstić information content (AvgIpc) is 2.90. The van der Waals surface area contributed by atoms with Gasteiger partial charge in [-0.25, -0.2) is 10.2 Å². The molecule has 0 saturated carbocycles. The Balaban J connectivity index is 1.43. The smallest absolute Gasteiger partial charge is 0.343 e. The van der Waals surface area contributed by atoms with Gasteiger partial charge in [-0.05, 0) is 67.6 Å². The van der Waals surface area contributed by atoms with Crippen LogP contribution in [0.25, 0.3) is 0 Å². The molecule has 4 aromatic rings. The van der Waals surface area contributed by atoms with Gasteiger partial charge in [-0.15, -0.1) is 0 Å². The first kappa shape index (κ1) is 25.5. The molecular weight excluding hydrogens is 534 g/mol. The fourth-order valence-electron chi connectivity index (χ4n) is 3.40. The van der Waals surface area contributed by atoms with Crippen LogP contribution >= 0.6 is 15.9 Å². The summed E-state index contributed by atoms with van der Waals surface area (Å²) in [6, 6.07) is 27.5. The maximum Gasteiger partial charge on any atom is 0.343 e. The van der Waals surface area contributed by atoms with E-state index in [1.165, 1.54) is 6.21 Å². The van der Waals surface area contributed by atoms with Crippen LogP contribution in [-0.4, -0.2) is 24.0 Å². The van der Waals surface area contributed by atoms with Crippen molar-refractivity contribution in [3.63, 3.8) is 0 Å². The molecule has 8 heteroatoms. The van der Waals surface area contributed by atoms with E-state index in [1.54, 1.807) is 84.9 Å². The van der Waals surface area contributed by atoms with E-state index in [0.717, 1.165) is 10.0 Å². The van der Waals surface area contributed by atoms with Gasteiger partial charge in [-0.2, -0.15) is 5.10 Å². The summed E-state index contributed by atoms with van der Waals surface area (Å²) < 4.78 is 6.32. The summed E-state index contributed by atoms with van der Waals surface area (Å²) in [5, 5.41) is 6.80. The predicted molar refractivity (Wildman–Crippen MR) is 146 cm³/mol. The van der Waals surface area contributed by atoms with Crippen molar-refractivity contribution in [1.29, 1.82) is 0 Å². The quantitative estimate of drug-likeness (QED) is 0.126. The zero-order chi connectivity index (χ0) is 26.2. The Hall–Kier alpha value is -4.56. The lowest BCUT2D eigenvalue weighted by atomic mass is 10.1. The Morgan fingerprint density at radius 2 is 1.51 bits per heavy atom. The lowest BCUT2D eigenvalue weighted by Crippen LogP contribution is -2.18. The number of rotatable bonds is 7. The Morgan fingerprint density at radius 3 is 2.30 bits per heavy atom. The highest BCUT2D eigenvalue weighted by molar-refractivity contribution is 9.10. The lowest BCUT2D eigenvalue weighted by molar-refractivity contribution is 0.0733.